The van der Waals surface area contributed by atoms with Crippen molar-refractivity contribution in [1.29, 1.82) is 0 Å². The number of aromatic nitrogens is 4. The molecule has 0 N–H and O–H groups in total. The SMILES string of the molecule is c1ccc(Cn2nnnc2CN2CCc3ccccc3C2)cc1. The second-order valence-electron chi connectivity index (χ2n) is 5.97. The van der Waals surface area contributed by atoms with E-state index in [0.717, 1.165) is 31.9 Å². The molecule has 2 aromatic carbocycles. The molecule has 23 heavy (non-hydrogen) atoms. The first kappa shape index (κ1) is 14.1. The van der Waals surface area contributed by atoms with Gasteiger partial charge in [0.1, 0.15) is 0 Å². The number of nitrogens with zero attached hydrogens (tertiary/aromatic N) is 5. The predicted octanol–water partition coefficient (Wildman–Crippen LogP) is 2.28. The first-order valence-corrected chi connectivity index (χ1v) is 7.96. The zero-order valence-electron chi connectivity index (χ0n) is 13.0. The van der Waals surface area contributed by atoms with Gasteiger partial charge in [-0.05, 0) is 33.5 Å². The zero-order chi connectivity index (χ0) is 15.5. The molecule has 2 heterocycles. The van der Waals surface area contributed by atoms with Crippen LogP contribution >= 0.6 is 0 Å². The van der Waals surface area contributed by atoms with E-state index in [1.54, 1.807) is 0 Å². The van der Waals surface area contributed by atoms with Crippen molar-refractivity contribution in [2.75, 3.05) is 6.54 Å². The van der Waals surface area contributed by atoms with E-state index in [1.807, 2.05) is 22.9 Å². The van der Waals surface area contributed by atoms with Crippen LogP contribution < -0.4 is 0 Å². The highest BCUT2D eigenvalue weighted by molar-refractivity contribution is 5.29. The highest BCUT2D eigenvalue weighted by Crippen LogP contribution is 2.19. The number of rotatable bonds is 4. The summed E-state index contributed by atoms with van der Waals surface area (Å²) in [5, 5.41) is 12.2. The summed E-state index contributed by atoms with van der Waals surface area (Å²) < 4.78 is 1.90. The second-order valence-corrected chi connectivity index (χ2v) is 5.97. The second kappa shape index (κ2) is 6.30. The van der Waals surface area contributed by atoms with Gasteiger partial charge in [0.25, 0.3) is 0 Å². The van der Waals surface area contributed by atoms with Crippen molar-refractivity contribution in [1.82, 2.24) is 25.1 Å². The van der Waals surface area contributed by atoms with Crippen LogP contribution in [0.1, 0.15) is 22.5 Å². The van der Waals surface area contributed by atoms with E-state index >= 15 is 0 Å². The van der Waals surface area contributed by atoms with E-state index < -0.39 is 0 Å². The fourth-order valence-corrected chi connectivity index (χ4v) is 3.10. The summed E-state index contributed by atoms with van der Waals surface area (Å²) in [5.41, 5.74) is 4.10. The molecule has 1 aromatic heterocycles. The molecule has 3 aromatic rings. The number of benzene rings is 2. The summed E-state index contributed by atoms with van der Waals surface area (Å²) in [6, 6.07) is 19.0. The van der Waals surface area contributed by atoms with Gasteiger partial charge in [0.15, 0.2) is 5.82 Å². The third kappa shape index (κ3) is 3.14. The summed E-state index contributed by atoms with van der Waals surface area (Å²) in [7, 11) is 0. The van der Waals surface area contributed by atoms with Gasteiger partial charge in [-0.3, -0.25) is 4.90 Å². The summed E-state index contributed by atoms with van der Waals surface area (Å²) in [6.07, 6.45) is 1.09. The van der Waals surface area contributed by atoms with Crippen LogP contribution in [-0.2, 0) is 26.1 Å². The number of tetrazole rings is 1. The van der Waals surface area contributed by atoms with Crippen LogP contribution in [0.15, 0.2) is 54.6 Å². The number of hydrogen-bond acceptors (Lipinski definition) is 4. The molecule has 1 aliphatic heterocycles. The molecule has 0 atom stereocenters. The lowest BCUT2D eigenvalue weighted by Crippen LogP contribution is -2.31. The molecule has 0 fully saturated rings. The van der Waals surface area contributed by atoms with Crippen LogP contribution in [-0.4, -0.2) is 31.7 Å². The molecule has 5 nitrogen and oxygen atoms in total. The van der Waals surface area contributed by atoms with Crippen molar-refractivity contribution < 1.29 is 0 Å². The summed E-state index contributed by atoms with van der Waals surface area (Å²) in [5.74, 6) is 0.924. The van der Waals surface area contributed by atoms with Crippen molar-refractivity contribution in [3.8, 4) is 0 Å². The highest BCUT2D eigenvalue weighted by Gasteiger charge is 2.18. The molecular formula is C18H19N5. The average molecular weight is 305 g/mol. The van der Waals surface area contributed by atoms with Gasteiger partial charge in [0, 0.05) is 13.1 Å². The maximum absolute atomic E-state index is 4.22. The largest absolute Gasteiger partial charge is 0.291 e. The molecule has 0 unspecified atom stereocenters. The predicted molar refractivity (Wildman–Crippen MR) is 87.6 cm³/mol. The van der Waals surface area contributed by atoms with Crippen LogP contribution in [0.25, 0.3) is 0 Å². The molecule has 0 bridgehead atoms. The fourth-order valence-electron chi connectivity index (χ4n) is 3.10. The quantitative estimate of drug-likeness (QED) is 0.742. The Morgan fingerprint density at radius 1 is 0.870 bits per heavy atom. The van der Waals surface area contributed by atoms with Gasteiger partial charge in [-0.1, -0.05) is 54.6 Å². The van der Waals surface area contributed by atoms with E-state index in [2.05, 4.69) is 56.8 Å². The molecule has 0 spiro atoms. The Balaban J connectivity index is 1.47. The van der Waals surface area contributed by atoms with E-state index in [4.69, 9.17) is 0 Å². The molecule has 0 radical (unpaired) electrons. The van der Waals surface area contributed by atoms with Gasteiger partial charge in [0.2, 0.25) is 0 Å². The molecular weight excluding hydrogens is 286 g/mol. The topological polar surface area (TPSA) is 46.8 Å². The van der Waals surface area contributed by atoms with E-state index in [1.165, 1.54) is 16.7 Å². The third-order valence-electron chi connectivity index (χ3n) is 4.36. The lowest BCUT2D eigenvalue weighted by atomic mass is 10.00. The van der Waals surface area contributed by atoms with Gasteiger partial charge in [0.05, 0.1) is 13.1 Å². The van der Waals surface area contributed by atoms with Gasteiger partial charge < -0.3 is 0 Å². The smallest absolute Gasteiger partial charge is 0.165 e. The molecule has 0 saturated carbocycles. The third-order valence-corrected chi connectivity index (χ3v) is 4.36. The highest BCUT2D eigenvalue weighted by atomic mass is 15.5. The lowest BCUT2D eigenvalue weighted by Gasteiger charge is -2.28. The Hall–Kier alpha value is -2.53. The first-order chi connectivity index (χ1) is 11.4. The van der Waals surface area contributed by atoms with Gasteiger partial charge in [-0.25, -0.2) is 4.68 Å². The molecule has 0 aliphatic carbocycles. The molecule has 5 heteroatoms. The van der Waals surface area contributed by atoms with Crippen molar-refractivity contribution >= 4 is 0 Å². The van der Waals surface area contributed by atoms with E-state index in [-0.39, 0.29) is 0 Å². The molecule has 4 rings (SSSR count). The monoisotopic (exact) mass is 305 g/mol. The van der Waals surface area contributed by atoms with Crippen LogP contribution in [0.5, 0.6) is 0 Å². The Morgan fingerprint density at radius 2 is 1.65 bits per heavy atom. The Kier molecular flexibility index (Phi) is 3.86. The fraction of sp³-hybridized carbons (Fsp3) is 0.278. The Labute approximate surface area is 135 Å². The van der Waals surface area contributed by atoms with Crippen molar-refractivity contribution in [3.05, 3.63) is 77.1 Å². The van der Waals surface area contributed by atoms with Crippen LogP contribution in [0.4, 0.5) is 0 Å². The van der Waals surface area contributed by atoms with Gasteiger partial charge in [-0.2, -0.15) is 0 Å². The Bertz CT molecular complexity index is 781. The summed E-state index contributed by atoms with van der Waals surface area (Å²) >= 11 is 0. The first-order valence-electron chi connectivity index (χ1n) is 7.96. The van der Waals surface area contributed by atoms with Crippen molar-refractivity contribution in [2.45, 2.75) is 26.1 Å². The van der Waals surface area contributed by atoms with Gasteiger partial charge in [-0.15, -0.1) is 5.10 Å². The summed E-state index contributed by atoms with van der Waals surface area (Å²) in [4.78, 5) is 2.41. The number of fused-ring (bicyclic) bond motifs is 1. The average Bonchev–Trinajstić information content (AvgIpc) is 3.02. The van der Waals surface area contributed by atoms with Gasteiger partial charge >= 0.3 is 0 Å². The van der Waals surface area contributed by atoms with Crippen molar-refractivity contribution in [3.63, 3.8) is 0 Å². The van der Waals surface area contributed by atoms with Crippen LogP contribution in [0, 0.1) is 0 Å². The van der Waals surface area contributed by atoms with E-state index in [9.17, 15) is 0 Å². The molecule has 116 valence electrons. The van der Waals surface area contributed by atoms with Crippen LogP contribution in [0.2, 0.25) is 0 Å². The van der Waals surface area contributed by atoms with E-state index in [0.29, 0.717) is 6.54 Å². The molecule has 1 aliphatic rings. The maximum atomic E-state index is 4.22. The Morgan fingerprint density at radius 3 is 2.52 bits per heavy atom. The zero-order valence-corrected chi connectivity index (χ0v) is 13.0. The number of hydrogen-bond donors (Lipinski definition) is 0. The van der Waals surface area contributed by atoms with Crippen LogP contribution in [0.3, 0.4) is 0 Å². The minimum absolute atomic E-state index is 0.716. The minimum atomic E-state index is 0.716. The molecule has 0 saturated heterocycles. The molecule has 0 amide bonds. The summed E-state index contributed by atoms with van der Waals surface area (Å²) in [6.45, 7) is 3.52. The minimum Gasteiger partial charge on any atom is -0.291 e. The maximum Gasteiger partial charge on any atom is 0.165 e. The lowest BCUT2D eigenvalue weighted by molar-refractivity contribution is 0.235. The standard InChI is InChI=1S/C18H19N5/c1-2-6-15(7-3-1)12-23-18(19-20-21-23)14-22-11-10-16-8-4-5-9-17(16)13-22/h1-9H,10-14H2. The van der Waals surface area contributed by atoms with Crippen molar-refractivity contribution in [2.24, 2.45) is 0 Å². The normalized spacial score (nSPS) is 14.6.